The van der Waals surface area contributed by atoms with Crippen molar-refractivity contribution in [2.75, 3.05) is 29.9 Å². The van der Waals surface area contributed by atoms with Gasteiger partial charge in [0.25, 0.3) is 0 Å². The third kappa shape index (κ3) is 5.75. The van der Waals surface area contributed by atoms with Crippen molar-refractivity contribution < 1.29 is 42.1 Å². The molecule has 18 heteroatoms. The Morgan fingerprint density at radius 3 is 2.52 bits per heavy atom. The van der Waals surface area contributed by atoms with Gasteiger partial charge in [0.05, 0.1) is 29.1 Å². The van der Waals surface area contributed by atoms with Crippen LogP contribution in [0.15, 0.2) is 18.3 Å². The molecule has 5 rings (SSSR count). The molecule has 236 valence electrons. The average molecular weight is 660 g/mol. The third-order valence-corrected chi connectivity index (χ3v) is 7.54. The van der Waals surface area contributed by atoms with Gasteiger partial charge in [0, 0.05) is 31.6 Å². The molecular weight excluding hydrogens is 634 g/mol. The number of carbonyl (C=O) groups is 3. The van der Waals surface area contributed by atoms with E-state index in [1.165, 1.54) is 11.0 Å². The van der Waals surface area contributed by atoms with Gasteiger partial charge in [-0.1, -0.05) is 23.2 Å². The molecule has 0 unspecified atom stereocenters. The number of nitrogens with zero attached hydrogens (tertiary/aromatic N) is 6. The van der Waals surface area contributed by atoms with Gasteiger partial charge >= 0.3 is 24.3 Å². The van der Waals surface area contributed by atoms with Gasteiger partial charge in [-0.25, -0.2) is 23.9 Å². The lowest BCUT2D eigenvalue weighted by Gasteiger charge is -2.28. The maximum Gasteiger partial charge on any atom is 0.410 e. The molecule has 0 bridgehead atoms. The summed E-state index contributed by atoms with van der Waals surface area (Å²) in [6, 6.07) is 1.29. The highest BCUT2D eigenvalue weighted by Gasteiger charge is 2.60. The van der Waals surface area contributed by atoms with E-state index in [2.05, 4.69) is 20.4 Å². The number of pyridine rings is 1. The summed E-state index contributed by atoms with van der Waals surface area (Å²) >= 11 is 12.2. The van der Waals surface area contributed by atoms with Crippen LogP contribution in [0.3, 0.4) is 0 Å². The molecule has 1 saturated heterocycles. The highest BCUT2D eigenvalue weighted by molar-refractivity contribution is 6.34. The number of carboxylic acid groups (broad SMARTS) is 1. The van der Waals surface area contributed by atoms with Crippen LogP contribution in [-0.2, 0) is 10.2 Å². The standard InChI is InChI=1S/C26H26Cl2F3N7O6/c1-24(2,3)44-23(42)36-6-5-12(10-36)43-20-18(21(39)40)13(27)7-16(33-20)34-22(41)37-11-25(4,26(29,30)31)19-14(37)9-32-17-8-15(28)35-38(17)19/h7-9,12H,5-6,10-11H2,1-4H3,(H,39,40)(H,33,34,41)/t12-,25+/m0/s1. The number of ether oxygens (including phenoxy) is 2. The lowest BCUT2D eigenvalue weighted by molar-refractivity contribution is -0.181. The number of urea groups is 1. The first-order chi connectivity index (χ1) is 20.4. The number of likely N-dealkylation sites (tertiary alicyclic amines) is 1. The highest BCUT2D eigenvalue weighted by Crippen LogP contribution is 2.50. The summed E-state index contributed by atoms with van der Waals surface area (Å²) in [5, 5.41) is 15.6. The lowest BCUT2D eigenvalue weighted by atomic mass is 9.88. The molecule has 2 N–H and O–H groups in total. The molecule has 0 saturated carbocycles. The van der Waals surface area contributed by atoms with Crippen molar-refractivity contribution in [3.8, 4) is 5.88 Å². The van der Waals surface area contributed by atoms with Crippen molar-refractivity contribution >= 4 is 58.4 Å². The second-order valence-electron chi connectivity index (χ2n) is 11.5. The van der Waals surface area contributed by atoms with Gasteiger partial charge in [-0.15, -0.1) is 0 Å². The van der Waals surface area contributed by atoms with Crippen LogP contribution < -0.4 is 15.0 Å². The Hall–Kier alpha value is -4.05. The Balaban J connectivity index is 1.42. The van der Waals surface area contributed by atoms with E-state index in [1.807, 2.05) is 0 Å². The minimum atomic E-state index is -4.80. The predicted octanol–water partition coefficient (Wildman–Crippen LogP) is 5.39. The van der Waals surface area contributed by atoms with Crippen LogP contribution in [0.5, 0.6) is 5.88 Å². The zero-order chi connectivity index (χ0) is 32.4. The van der Waals surface area contributed by atoms with Crippen molar-refractivity contribution in [1.82, 2.24) is 24.5 Å². The fourth-order valence-electron chi connectivity index (χ4n) is 4.98. The Morgan fingerprint density at radius 2 is 1.89 bits per heavy atom. The van der Waals surface area contributed by atoms with E-state index in [0.29, 0.717) is 6.42 Å². The second-order valence-corrected chi connectivity index (χ2v) is 12.3. The number of aromatic carboxylic acids is 1. The van der Waals surface area contributed by atoms with Gasteiger partial charge in [-0.3, -0.25) is 10.2 Å². The fraction of sp³-hybridized carbons (Fsp3) is 0.462. The van der Waals surface area contributed by atoms with Gasteiger partial charge in [0.1, 0.15) is 28.5 Å². The number of fused-ring (bicyclic) bond motifs is 3. The van der Waals surface area contributed by atoms with Crippen molar-refractivity contribution in [2.45, 2.75) is 57.4 Å². The molecule has 13 nitrogen and oxygen atoms in total. The zero-order valence-corrected chi connectivity index (χ0v) is 25.2. The number of carboxylic acids is 1. The topological polar surface area (TPSA) is 151 Å². The molecule has 3 amide bonds. The summed E-state index contributed by atoms with van der Waals surface area (Å²) in [4.78, 5) is 48.2. The van der Waals surface area contributed by atoms with Crippen molar-refractivity contribution in [3.63, 3.8) is 0 Å². The molecule has 5 heterocycles. The number of aromatic nitrogens is 4. The fourth-order valence-corrected chi connectivity index (χ4v) is 5.42. The first-order valence-corrected chi connectivity index (χ1v) is 13.9. The minimum absolute atomic E-state index is 0.0585. The van der Waals surface area contributed by atoms with Crippen LogP contribution in [0.2, 0.25) is 10.2 Å². The third-order valence-electron chi connectivity index (χ3n) is 7.05. The maximum absolute atomic E-state index is 14.4. The average Bonchev–Trinajstić information content (AvgIpc) is 3.57. The normalized spacial score (nSPS) is 20.2. The quantitative estimate of drug-likeness (QED) is 0.375. The van der Waals surface area contributed by atoms with Crippen LogP contribution in [0.4, 0.5) is 34.3 Å². The van der Waals surface area contributed by atoms with Crippen LogP contribution in [-0.4, -0.2) is 85.2 Å². The molecule has 1 fully saturated rings. The number of anilines is 2. The number of hydrogen-bond donors (Lipinski definition) is 2. The number of nitrogens with one attached hydrogen (secondary N) is 1. The van der Waals surface area contributed by atoms with Gasteiger partial charge in [0.15, 0.2) is 10.8 Å². The number of rotatable bonds is 4. The summed E-state index contributed by atoms with van der Waals surface area (Å²) in [6.07, 6.45) is -4.65. The molecule has 44 heavy (non-hydrogen) atoms. The van der Waals surface area contributed by atoms with Crippen molar-refractivity contribution in [1.29, 1.82) is 0 Å². The molecule has 2 aliphatic heterocycles. The maximum atomic E-state index is 14.4. The number of amides is 3. The summed E-state index contributed by atoms with van der Waals surface area (Å²) < 4.78 is 55.4. The number of halogens is 5. The minimum Gasteiger partial charge on any atom is -0.477 e. The summed E-state index contributed by atoms with van der Waals surface area (Å²) in [7, 11) is 0. The second kappa shape index (κ2) is 10.8. The van der Waals surface area contributed by atoms with E-state index in [0.717, 1.165) is 28.6 Å². The smallest absolute Gasteiger partial charge is 0.410 e. The number of hydrogen-bond acceptors (Lipinski definition) is 8. The molecule has 2 atom stereocenters. The number of alkyl halides is 3. The van der Waals surface area contributed by atoms with E-state index >= 15 is 0 Å². The van der Waals surface area contributed by atoms with Gasteiger partial charge in [-0.2, -0.15) is 23.3 Å². The first kappa shape index (κ1) is 31.4. The number of carbonyl (C=O) groups excluding carboxylic acids is 2. The summed E-state index contributed by atoms with van der Waals surface area (Å²) in [5.41, 5.74) is -4.24. The van der Waals surface area contributed by atoms with Crippen LogP contribution in [0.25, 0.3) is 5.65 Å². The van der Waals surface area contributed by atoms with E-state index in [4.69, 9.17) is 32.7 Å². The van der Waals surface area contributed by atoms with E-state index in [-0.39, 0.29) is 46.1 Å². The first-order valence-electron chi connectivity index (χ1n) is 13.2. The molecule has 3 aromatic heterocycles. The monoisotopic (exact) mass is 659 g/mol. The lowest BCUT2D eigenvalue weighted by Crippen LogP contribution is -2.46. The largest absolute Gasteiger partial charge is 0.477 e. The predicted molar refractivity (Wildman–Crippen MR) is 151 cm³/mol. The summed E-state index contributed by atoms with van der Waals surface area (Å²) in [6.45, 7) is 5.57. The summed E-state index contributed by atoms with van der Waals surface area (Å²) in [5.74, 6) is -2.21. The van der Waals surface area contributed by atoms with E-state index in [1.54, 1.807) is 20.8 Å². The Bertz CT molecular complexity index is 1680. The Labute approximate surface area is 257 Å². The van der Waals surface area contributed by atoms with Crippen molar-refractivity contribution in [2.24, 2.45) is 0 Å². The van der Waals surface area contributed by atoms with Gasteiger partial charge in [-0.05, 0) is 27.7 Å². The highest BCUT2D eigenvalue weighted by atomic mass is 35.5. The Morgan fingerprint density at radius 1 is 1.18 bits per heavy atom. The molecule has 0 radical (unpaired) electrons. The van der Waals surface area contributed by atoms with Crippen molar-refractivity contribution in [3.05, 3.63) is 39.8 Å². The van der Waals surface area contributed by atoms with Crippen LogP contribution >= 0.6 is 23.2 Å². The molecule has 3 aromatic rings. The molecular formula is C26H26Cl2F3N7O6. The van der Waals surface area contributed by atoms with Gasteiger partial charge < -0.3 is 19.5 Å². The Kier molecular flexibility index (Phi) is 7.73. The zero-order valence-electron chi connectivity index (χ0n) is 23.7. The molecule has 0 spiro atoms. The van der Waals surface area contributed by atoms with Crippen LogP contribution in [0, 0.1) is 0 Å². The molecule has 2 aliphatic rings. The van der Waals surface area contributed by atoms with E-state index in [9.17, 15) is 32.7 Å². The molecule has 0 aromatic carbocycles. The van der Waals surface area contributed by atoms with Gasteiger partial charge in [0.2, 0.25) is 5.88 Å². The molecule has 0 aliphatic carbocycles. The van der Waals surface area contributed by atoms with E-state index < -0.39 is 59.4 Å². The van der Waals surface area contributed by atoms with Crippen LogP contribution in [0.1, 0.15) is 50.2 Å². The SMILES string of the molecule is CC(C)(C)OC(=O)N1CC[C@H](Oc2nc(NC(=O)N3C[C@@](C)(C(F)(F)F)c4c3cnc3cc(Cl)nn43)cc(Cl)c2C(=O)O)C1.